The molecule has 3 amide bonds. The molecule has 9 nitrogen and oxygen atoms in total. The van der Waals surface area contributed by atoms with Crippen molar-refractivity contribution in [1.82, 2.24) is 5.06 Å². The third-order valence-electron chi connectivity index (χ3n) is 5.16. The number of carbonyl (C=O) groups excluding carboxylic acids is 4. The number of methoxy groups -OCH3 is 1. The summed E-state index contributed by atoms with van der Waals surface area (Å²) >= 11 is 0. The number of fused-ring (bicyclic) bond motifs is 2. The molecule has 0 fully saturated rings. The van der Waals surface area contributed by atoms with Crippen molar-refractivity contribution in [2.24, 2.45) is 0 Å². The van der Waals surface area contributed by atoms with Crippen molar-refractivity contribution < 1.29 is 37.9 Å². The number of hydroxylamine groups is 2. The van der Waals surface area contributed by atoms with Gasteiger partial charge in [-0.15, -0.1) is 0 Å². The second-order valence-corrected chi connectivity index (χ2v) is 8.51. The van der Waals surface area contributed by atoms with Crippen molar-refractivity contribution in [3.63, 3.8) is 0 Å². The number of hydrogen-bond donors (Lipinski definition) is 0. The van der Waals surface area contributed by atoms with E-state index in [0.29, 0.717) is 5.06 Å². The van der Waals surface area contributed by atoms with Crippen LogP contribution in [0, 0.1) is 5.82 Å². The highest BCUT2D eigenvalue weighted by Crippen LogP contribution is 2.41. The summed E-state index contributed by atoms with van der Waals surface area (Å²) in [6.07, 6.45) is -1.16. The smallest absolute Gasteiger partial charge is 0.415 e. The van der Waals surface area contributed by atoms with E-state index in [2.05, 4.69) is 0 Å². The number of anilines is 1. The van der Waals surface area contributed by atoms with Gasteiger partial charge in [0.2, 0.25) is 0 Å². The van der Waals surface area contributed by atoms with Crippen LogP contribution in [0.4, 0.5) is 14.9 Å². The number of amides is 3. The predicted molar refractivity (Wildman–Crippen MR) is 112 cm³/mol. The minimum absolute atomic E-state index is 0.0849. The molecule has 2 aliphatic heterocycles. The van der Waals surface area contributed by atoms with Crippen LogP contribution in [0.5, 0.6) is 5.75 Å². The number of halogens is 1. The number of rotatable bonds is 3. The van der Waals surface area contributed by atoms with Gasteiger partial charge in [-0.2, -0.15) is 0 Å². The summed E-state index contributed by atoms with van der Waals surface area (Å²) in [6, 6.07) is 7.09. The molecule has 2 aromatic rings. The van der Waals surface area contributed by atoms with Crippen LogP contribution in [0.3, 0.4) is 0 Å². The Balaban J connectivity index is 1.68. The van der Waals surface area contributed by atoms with Gasteiger partial charge in [-0.1, -0.05) is 17.2 Å². The van der Waals surface area contributed by atoms with Crippen LogP contribution in [-0.4, -0.2) is 47.7 Å². The second kappa shape index (κ2) is 7.88. The molecule has 4 rings (SSSR count). The molecule has 0 saturated carbocycles. The number of carbonyl (C=O) groups is 4. The van der Waals surface area contributed by atoms with Gasteiger partial charge in [-0.3, -0.25) is 14.5 Å². The van der Waals surface area contributed by atoms with Crippen LogP contribution in [0.15, 0.2) is 36.4 Å². The quantitative estimate of drug-likeness (QED) is 0.653. The summed E-state index contributed by atoms with van der Waals surface area (Å²) in [4.78, 5) is 57.2. The fraction of sp³-hybridized carbons (Fsp3) is 0.304. The van der Waals surface area contributed by atoms with E-state index in [0.717, 1.165) is 11.0 Å². The summed E-state index contributed by atoms with van der Waals surface area (Å²) in [5.74, 6) is -3.24. The summed E-state index contributed by atoms with van der Waals surface area (Å²) in [6.45, 7) is 4.86. The largest absolute Gasteiger partial charge is 0.496 e. The van der Waals surface area contributed by atoms with Crippen molar-refractivity contribution in [3.05, 3.63) is 58.9 Å². The average molecular weight is 456 g/mol. The molecule has 0 bridgehead atoms. The van der Waals surface area contributed by atoms with Crippen LogP contribution in [0.1, 0.15) is 47.1 Å². The van der Waals surface area contributed by atoms with E-state index in [1.807, 2.05) is 0 Å². The molecule has 33 heavy (non-hydrogen) atoms. The molecule has 0 spiro atoms. The van der Waals surface area contributed by atoms with Crippen LogP contribution in [0.25, 0.3) is 0 Å². The number of benzene rings is 2. The Hall–Kier alpha value is -3.95. The molecule has 0 aromatic heterocycles. The second-order valence-electron chi connectivity index (χ2n) is 8.51. The summed E-state index contributed by atoms with van der Waals surface area (Å²) in [7, 11) is 1.37. The lowest BCUT2D eigenvalue weighted by molar-refractivity contribution is -0.170. The maximum atomic E-state index is 14.8. The van der Waals surface area contributed by atoms with Gasteiger partial charge >= 0.3 is 12.1 Å². The first-order chi connectivity index (χ1) is 15.5. The van der Waals surface area contributed by atoms with Gasteiger partial charge in [0.25, 0.3) is 11.8 Å². The molecule has 2 heterocycles. The minimum atomic E-state index is -1.40. The minimum Gasteiger partial charge on any atom is -0.496 e. The molecule has 1 atom stereocenters. The van der Waals surface area contributed by atoms with Gasteiger partial charge in [-0.25, -0.2) is 14.0 Å². The van der Waals surface area contributed by atoms with Crippen LogP contribution < -0.4 is 9.64 Å². The van der Waals surface area contributed by atoms with Gasteiger partial charge in [0.15, 0.2) is 0 Å². The SMILES string of the molecule is COc1ccc(F)c2c1CC(C(=O)ON1C(=O)c3ccccc3C1=O)N2C(=O)OC(C)(C)C. The zero-order valence-electron chi connectivity index (χ0n) is 18.4. The third kappa shape index (κ3) is 3.77. The lowest BCUT2D eigenvalue weighted by atomic mass is 10.1. The van der Waals surface area contributed by atoms with E-state index in [4.69, 9.17) is 14.3 Å². The first kappa shape index (κ1) is 22.3. The van der Waals surface area contributed by atoms with Crippen LogP contribution in [-0.2, 0) is 20.8 Å². The van der Waals surface area contributed by atoms with E-state index in [9.17, 15) is 23.6 Å². The first-order valence-electron chi connectivity index (χ1n) is 10.1. The highest BCUT2D eigenvalue weighted by Gasteiger charge is 2.47. The van der Waals surface area contributed by atoms with E-state index in [-0.39, 0.29) is 34.5 Å². The number of ether oxygens (including phenoxy) is 2. The topological polar surface area (TPSA) is 102 Å². The molecule has 2 aliphatic rings. The molecule has 10 heteroatoms. The maximum absolute atomic E-state index is 14.8. The molecule has 0 aliphatic carbocycles. The Kier molecular flexibility index (Phi) is 5.31. The lowest BCUT2D eigenvalue weighted by Crippen LogP contribution is -2.48. The summed E-state index contributed by atoms with van der Waals surface area (Å²) < 4.78 is 25.5. The highest BCUT2D eigenvalue weighted by atomic mass is 19.1. The fourth-order valence-corrected chi connectivity index (χ4v) is 3.80. The van der Waals surface area contributed by atoms with Gasteiger partial charge < -0.3 is 14.3 Å². The Morgan fingerprint density at radius 1 is 1.03 bits per heavy atom. The Bertz CT molecular complexity index is 1150. The molecule has 0 saturated heterocycles. The Labute approximate surface area is 188 Å². The fourth-order valence-electron chi connectivity index (χ4n) is 3.80. The molecule has 1 unspecified atom stereocenters. The van der Waals surface area contributed by atoms with Crippen molar-refractivity contribution in [3.8, 4) is 5.75 Å². The molecule has 2 aromatic carbocycles. The van der Waals surface area contributed by atoms with Crippen LogP contribution >= 0.6 is 0 Å². The molecular formula is C23H21FN2O7. The molecular weight excluding hydrogens is 435 g/mol. The van der Waals surface area contributed by atoms with Gasteiger partial charge in [0.05, 0.1) is 23.9 Å². The molecule has 0 N–H and O–H groups in total. The molecule has 172 valence electrons. The van der Waals surface area contributed by atoms with Crippen molar-refractivity contribution in [1.29, 1.82) is 0 Å². The Morgan fingerprint density at radius 3 is 2.18 bits per heavy atom. The van der Waals surface area contributed by atoms with E-state index in [1.54, 1.807) is 32.9 Å². The highest BCUT2D eigenvalue weighted by molar-refractivity contribution is 6.21. The Morgan fingerprint density at radius 2 is 1.64 bits per heavy atom. The third-order valence-corrected chi connectivity index (χ3v) is 5.16. The zero-order chi connectivity index (χ0) is 24.1. The van der Waals surface area contributed by atoms with Crippen molar-refractivity contribution in [2.75, 3.05) is 12.0 Å². The van der Waals surface area contributed by atoms with Crippen LogP contribution in [0.2, 0.25) is 0 Å². The van der Waals surface area contributed by atoms with Gasteiger partial charge in [0.1, 0.15) is 23.2 Å². The number of imide groups is 1. The van der Waals surface area contributed by atoms with Gasteiger partial charge in [0, 0.05) is 12.0 Å². The number of hydrogen-bond acceptors (Lipinski definition) is 7. The zero-order valence-corrected chi connectivity index (χ0v) is 18.4. The standard InChI is InChI=1S/C23H21FN2O7/c1-23(2,3)32-22(30)25-16(11-14-17(31-4)10-9-15(24)18(14)25)21(29)33-26-19(27)12-7-5-6-8-13(12)20(26)28/h5-10,16H,11H2,1-4H3. The van der Waals surface area contributed by atoms with Gasteiger partial charge in [-0.05, 0) is 45.0 Å². The normalized spacial score (nSPS) is 17.1. The van der Waals surface area contributed by atoms with E-state index in [1.165, 1.54) is 25.3 Å². The summed E-state index contributed by atoms with van der Waals surface area (Å²) in [5, 5.41) is 0.344. The van der Waals surface area contributed by atoms with E-state index >= 15 is 0 Å². The number of nitrogens with zero attached hydrogens (tertiary/aromatic N) is 2. The van der Waals surface area contributed by atoms with E-state index < -0.39 is 41.3 Å². The first-order valence-corrected chi connectivity index (χ1v) is 10.1. The lowest BCUT2D eigenvalue weighted by Gasteiger charge is -2.28. The monoisotopic (exact) mass is 456 g/mol. The summed E-state index contributed by atoms with van der Waals surface area (Å²) in [5.41, 5.74) is -0.698. The molecule has 0 radical (unpaired) electrons. The average Bonchev–Trinajstić information content (AvgIpc) is 3.27. The predicted octanol–water partition coefficient (Wildman–Crippen LogP) is 3.25. The van der Waals surface area contributed by atoms with Crippen molar-refractivity contribution in [2.45, 2.75) is 38.8 Å². The maximum Gasteiger partial charge on any atom is 0.415 e. The van der Waals surface area contributed by atoms with Crippen molar-refractivity contribution >= 4 is 29.6 Å².